The maximum atomic E-state index is 5.40. The summed E-state index contributed by atoms with van der Waals surface area (Å²) in [6.07, 6.45) is 0.988. The Hall–Kier alpha value is -1.94. The van der Waals surface area contributed by atoms with Gasteiger partial charge in [0.1, 0.15) is 5.75 Å². The average molecular weight is 257 g/mol. The predicted octanol–water partition coefficient (Wildman–Crippen LogP) is 2.43. The molecule has 1 aromatic heterocycles. The van der Waals surface area contributed by atoms with Gasteiger partial charge in [0.2, 0.25) is 0 Å². The van der Waals surface area contributed by atoms with Gasteiger partial charge in [0.25, 0.3) is 0 Å². The minimum absolute atomic E-state index is 0.722. The molecular weight excluding hydrogens is 238 g/mol. The van der Waals surface area contributed by atoms with E-state index in [4.69, 9.17) is 4.74 Å². The summed E-state index contributed by atoms with van der Waals surface area (Å²) in [4.78, 5) is 0. The van der Waals surface area contributed by atoms with Gasteiger partial charge in [-0.2, -0.15) is 10.2 Å². The van der Waals surface area contributed by atoms with E-state index in [1.54, 1.807) is 7.11 Å². The van der Waals surface area contributed by atoms with Crippen molar-refractivity contribution < 1.29 is 4.74 Å². The summed E-state index contributed by atoms with van der Waals surface area (Å²) in [5.74, 6) is 0.827. The molecule has 0 saturated heterocycles. The number of aryl methyl sites for hydroxylation is 1. The zero-order valence-corrected chi connectivity index (χ0v) is 11.6. The molecule has 1 heterocycles. The van der Waals surface area contributed by atoms with Crippen LogP contribution in [0.5, 0.6) is 5.75 Å². The first-order valence-electron chi connectivity index (χ1n) is 6.43. The Morgan fingerprint density at radius 1 is 1.16 bits per heavy atom. The van der Waals surface area contributed by atoms with Gasteiger partial charge in [-0.05, 0) is 43.3 Å². The molecule has 0 spiro atoms. The van der Waals surface area contributed by atoms with Crippen molar-refractivity contribution in [2.75, 3.05) is 14.2 Å². The van der Waals surface area contributed by atoms with E-state index in [0.717, 1.165) is 35.7 Å². The average Bonchev–Trinajstić information content (AvgIpc) is 2.47. The number of nitrogens with zero attached hydrogens (tertiary/aromatic N) is 2. The van der Waals surface area contributed by atoms with Gasteiger partial charge in [-0.3, -0.25) is 0 Å². The van der Waals surface area contributed by atoms with Crippen LogP contribution in [0.1, 0.15) is 18.2 Å². The van der Waals surface area contributed by atoms with Crippen molar-refractivity contribution in [3.63, 3.8) is 0 Å². The van der Waals surface area contributed by atoms with Gasteiger partial charge >= 0.3 is 0 Å². The van der Waals surface area contributed by atoms with Crippen LogP contribution in [0.25, 0.3) is 11.3 Å². The van der Waals surface area contributed by atoms with E-state index in [9.17, 15) is 0 Å². The summed E-state index contributed by atoms with van der Waals surface area (Å²) < 4.78 is 5.40. The van der Waals surface area contributed by atoms with Crippen LogP contribution in [0.4, 0.5) is 0 Å². The number of ether oxygens (including phenoxy) is 1. The van der Waals surface area contributed by atoms with Gasteiger partial charge in [-0.25, -0.2) is 0 Å². The molecule has 0 aliphatic carbocycles. The highest BCUT2D eigenvalue weighted by Crippen LogP contribution is 2.29. The third-order valence-corrected chi connectivity index (χ3v) is 3.03. The van der Waals surface area contributed by atoms with Gasteiger partial charge in [0.15, 0.2) is 0 Å². The van der Waals surface area contributed by atoms with Crippen LogP contribution in [0.2, 0.25) is 0 Å². The molecule has 0 aliphatic rings. The van der Waals surface area contributed by atoms with Crippen LogP contribution in [0.3, 0.4) is 0 Å². The van der Waals surface area contributed by atoms with E-state index >= 15 is 0 Å². The van der Waals surface area contributed by atoms with Crippen molar-refractivity contribution in [3.05, 3.63) is 41.6 Å². The second-order valence-electron chi connectivity index (χ2n) is 4.33. The highest BCUT2D eigenvalue weighted by atomic mass is 16.5. The Bertz CT molecular complexity index is 538. The van der Waals surface area contributed by atoms with E-state index in [1.165, 1.54) is 5.56 Å². The lowest BCUT2D eigenvalue weighted by Gasteiger charge is -2.09. The number of rotatable bonds is 5. The number of hydrogen-bond donors (Lipinski definition) is 1. The third-order valence-electron chi connectivity index (χ3n) is 3.03. The quantitative estimate of drug-likeness (QED) is 0.893. The second-order valence-corrected chi connectivity index (χ2v) is 4.33. The minimum atomic E-state index is 0.722. The van der Waals surface area contributed by atoms with Gasteiger partial charge in [-0.15, -0.1) is 0 Å². The molecule has 0 atom stereocenters. The zero-order chi connectivity index (χ0) is 13.7. The number of methoxy groups -OCH3 is 1. The van der Waals surface area contributed by atoms with Crippen LogP contribution < -0.4 is 10.1 Å². The molecule has 0 bridgehead atoms. The molecule has 0 amide bonds. The summed E-state index contributed by atoms with van der Waals surface area (Å²) in [5, 5.41) is 11.5. The lowest BCUT2D eigenvalue weighted by Crippen LogP contribution is -2.07. The van der Waals surface area contributed by atoms with Gasteiger partial charge in [0, 0.05) is 12.1 Å². The highest BCUT2D eigenvalue weighted by molar-refractivity contribution is 5.67. The zero-order valence-electron chi connectivity index (χ0n) is 11.6. The minimum Gasteiger partial charge on any atom is -0.496 e. The monoisotopic (exact) mass is 257 g/mol. The fourth-order valence-electron chi connectivity index (χ4n) is 1.95. The molecule has 0 fully saturated rings. The van der Waals surface area contributed by atoms with Crippen molar-refractivity contribution >= 4 is 0 Å². The fraction of sp³-hybridized carbons (Fsp3) is 0.333. The van der Waals surface area contributed by atoms with Gasteiger partial charge in [-0.1, -0.05) is 13.0 Å². The largest absolute Gasteiger partial charge is 0.496 e. The molecule has 2 rings (SSSR count). The number of benzene rings is 1. The van der Waals surface area contributed by atoms with Crippen LogP contribution >= 0.6 is 0 Å². The molecule has 2 aromatic rings. The SMILES string of the molecule is CCc1ccc(OC)c(-c2ccc(CNC)nn2)c1. The highest BCUT2D eigenvalue weighted by Gasteiger charge is 2.08. The molecule has 4 heteroatoms. The Labute approximate surface area is 113 Å². The maximum Gasteiger partial charge on any atom is 0.128 e. The van der Waals surface area contributed by atoms with Gasteiger partial charge < -0.3 is 10.1 Å². The Morgan fingerprint density at radius 2 is 2.00 bits per heavy atom. The number of nitrogens with one attached hydrogen (secondary N) is 1. The van der Waals surface area contributed by atoms with E-state index in [0.29, 0.717) is 0 Å². The van der Waals surface area contributed by atoms with Crippen molar-refractivity contribution in [2.24, 2.45) is 0 Å². The van der Waals surface area contributed by atoms with Crippen molar-refractivity contribution in [1.82, 2.24) is 15.5 Å². The molecule has 100 valence electrons. The number of aromatic nitrogens is 2. The number of hydrogen-bond acceptors (Lipinski definition) is 4. The summed E-state index contributed by atoms with van der Waals surface area (Å²) in [6, 6.07) is 10.1. The summed E-state index contributed by atoms with van der Waals surface area (Å²) >= 11 is 0. The second kappa shape index (κ2) is 6.29. The van der Waals surface area contributed by atoms with Crippen LogP contribution in [0.15, 0.2) is 30.3 Å². The first-order chi connectivity index (χ1) is 9.28. The predicted molar refractivity (Wildman–Crippen MR) is 76.2 cm³/mol. The van der Waals surface area contributed by atoms with Crippen LogP contribution in [-0.4, -0.2) is 24.4 Å². The summed E-state index contributed by atoms with van der Waals surface area (Å²) in [7, 11) is 3.57. The fourth-order valence-corrected chi connectivity index (χ4v) is 1.95. The van der Waals surface area contributed by atoms with E-state index in [2.05, 4.69) is 34.6 Å². The Morgan fingerprint density at radius 3 is 2.58 bits per heavy atom. The van der Waals surface area contributed by atoms with Crippen LogP contribution in [-0.2, 0) is 13.0 Å². The van der Waals surface area contributed by atoms with E-state index < -0.39 is 0 Å². The smallest absolute Gasteiger partial charge is 0.128 e. The topological polar surface area (TPSA) is 47.0 Å². The molecule has 0 radical (unpaired) electrons. The molecule has 19 heavy (non-hydrogen) atoms. The van der Waals surface area contributed by atoms with Crippen molar-refractivity contribution in [2.45, 2.75) is 19.9 Å². The van der Waals surface area contributed by atoms with E-state index in [-0.39, 0.29) is 0 Å². The maximum absolute atomic E-state index is 5.40. The molecule has 1 N–H and O–H groups in total. The van der Waals surface area contributed by atoms with Crippen LogP contribution in [0, 0.1) is 0 Å². The van der Waals surface area contributed by atoms with Gasteiger partial charge in [0.05, 0.1) is 18.5 Å². The van der Waals surface area contributed by atoms with Crippen molar-refractivity contribution in [1.29, 1.82) is 0 Å². The lowest BCUT2D eigenvalue weighted by molar-refractivity contribution is 0.416. The molecule has 1 aromatic carbocycles. The first-order valence-corrected chi connectivity index (χ1v) is 6.43. The van der Waals surface area contributed by atoms with E-state index in [1.807, 2.05) is 25.2 Å². The molecule has 0 saturated carbocycles. The summed E-state index contributed by atoms with van der Waals surface area (Å²) in [5.41, 5.74) is 4.02. The van der Waals surface area contributed by atoms with Crippen molar-refractivity contribution in [3.8, 4) is 17.0 Å². The molecule has 0 unspecified atom stereocenters. The summed E-state index contributed by atoms with van der Waals surface area (Å²) in [6.45, 7) is 2.85. The molecular formula is C15H19N3O. The Kier molecular flexibility index (Phi) is 4.47. The third kappa shape index (κ3) is 3.09. The molecule has 0 aliphatic heterocycles. The first kappa shape index (κ1) is 13.5. The normalized spacial score (nSPS) is 10.5. The molecule has 4 nitrogen and oxygen atoms in total. The Balaban J connectivity index is 2.38. The lowest BCUT2D eigenvalue weighted by atomic mass is 10.0. The standard InChI is InChI=1S/C15H19N3O/c1-4-11-5-8-15(19-3)13(9-11)14-7-6-12(10-16-2)17-18-14/h5-9,16H,4,10H2,1-3H3.